The van der Waals surface area contributed by atoms with E-state index < -0.39 is 0 Å². The third kappa shape index (κ3) is 3.68. The van der Waals surface area contributed by atoms with Crippen LogP contribution in [-0.4, -0.2) is 22.5 Å². The van der Waals surface area contributed by atoms with Crippen molar-refractivity contribution in [3.05, 3.63) is 23.8 Å². The molecule has 0 aromatic rings. The molecule has 0 aliphatic heterocycles. The molecule has 3 radical (unpaired) electrons. The third-order valence-corrected chi connectivity index (χ3v) is 7.43. The van der Waals surface area contributed by atoms with Crippen molar-refractivity contribution >= 4 is 22.5 Å². The summed E-state index contributed by atoms with van der Waals surface area (Å²) in [5.74, 6) is 3.12. The zero-order valence-corrected chi connectivity index (χ0v) is 15.0. The van der Waals surface area contributed by atoms with E-state index in [0.29, 0.717) is 0 Å². The first-order valence-electron chi connectivity index (χ1n) is 8.39. The van der Waals surface area contributed by atoms with E-state index in [1.165, 1.54) is 38.5 Å². The van der Waals surface area contributed by atoms with Gasteiger partial charge in [-0.05, 0) is 0 Å². The van der Waals surface area contributed by atoms with E-state index in [4.69, 9.17) is 0 Å². The fraction of sp³-hybridized carbons (Fsp3) is 0.778. The van der Waals surface area contributed by atoms with Gasteiger partial charge in [0.2, 0.25) is 0 Å². The van der Waals surface area contributed by atoms with Gasteiger partial charge in [-0.1, -0.05) is 0 Å². The van der Waals surface area contributed by atoms with Gasteiger partial charge >= 0.3 is 132 Å². The van der Waals surface area contributed by atoms with E-state index in [2.05, 4.69) is 18.2 Å². The van der Waals surface area contributed by atoms with Crippen molar-refractivity contribution in [2.24, 2.45) is 17.8 Å². The Hall–Kier alpha value is 0.279. The number of hydrogen-bond donors (Lipinski definition) is 0. The second-order valence-electron chi connectivity index (χ2n) is 6.93. The van der Waals surface area contributed by atoms with Crippen LogP contribution in [-0.2, 0) is 0 Å². The van der Waals surface area contributed by atoms with Gasteiger partial charge in [0, 0.05) is 0 Å². The summed E-state index contributed by atoms with van der Waals surface area (Å²) >= 11 is 1.79. The number of hydrogen-bond acceptors (Lipinski definition) is 0. The summed E-state index contributed by atoms with van der Waals surface area (Å²) < 4.78 is 1.10. The Morgan fingerprint density at radius 3 is 2.05 bits per heavy atom. The Kier molecular flexibility index (Phi) is 5.11. The van der Waals surface area contributed by atoms with E-state index >= 15 is 0 Å². The topological polar surface area (TPSA) is 0 Å². The van der Waals surface area contributed by atoms with E-state index in [0.717, 1.165) is 21.7 Å². The summed E-state index contributed by atoms with van der Waals surface area (Å²) in [6.07, 6.45) is 21.9. The second kappa shape index (κ2) is 6.82. The van der Waals surface area contributed by atoms with E-state index in [1.807, 2.05) is 0 Å². The molecule has 3 aliphatic carbocycles. The second-order valence-corrected chi connectivity index (χ2v) is 9.26. The number of rotatable bonds is 2. The monoisotopic (exact) mass is 363 g/mol. The zero-order valence-electron chi connectivity index (χ0n) is 12.1. The molecule has 2 saturated carbocycles. The van der Waals surface area contributed by atoms with Crippen LogP contribution in [0, 0.1) is 17.8 Å². The van der Waals surface area contributed by atoms with Crippen LogP contribution in [0.5, 0.6) is 0 Å². The summed E-state index contributed by atoms with van der Waals surface area (Å²) in [4.78, 5) is 0. The Morgan fingerprint density at radius 2 is 1.47 bits per heavy atom. The molecule has 0 aromatic heterocycles. The predicted molar refractivity (Wildman–Crippen MR) is 83.4 cm³/mol. The first-order chi connectivity index (χ1) is 9.33. The molecular formula is C18H27Sn. The standard InChI is InChI=1S/C18H27.Sn/c1-3-7-15(8-4-1)17-11-13-18(14-12-17)16-9-5-2-6-10-16;/h1-3,7,16-18H,4-6,8-14H2;. The van der Waals surface area contributed by atoms with Crippen LogP contribution in [0.1, 0.15) is 64.2 Å². The Balaban J connectivity index is 1.49. The van der Waals surface area contributed by atoms with Crippen molar-refractivity contribution in [3.8, 4) is 0 Å². The summed E-state index contributed by atoms with van der Waals surface area (Å²) in [6.45, 7) is 0. The molecule has 0 unspecified atom stereocenters. The van der Waals surface area contributed by atoms with Gasteiger partial charge in [-0.3, -0.25) is 0 Å². The van der Waals surface area contributed by atoms with Gasteiger partial charge in [0.05, 0.1) is 0 Å². The van der Waals surface area contributed by atoms with Crippen molar-refractivity contribution in [1.82, 2.24) is 0 Å². The SMILES string of the molecule is [Sn][CH]1CCC(C2CCC(C3=CC=CCC3)CC2)CC1. The van der Waals surface area contributed by atoms with Crippen LogP contribution >= 0.6 is 0 Å². The summed E-state index contributed by atoms with van der Waals surface area (Å²) in [7, 11) is 0. The average molecular weight is 362 g/mol. The van der Waals surface area contributed by atoms with Gasteiger partial charge in [-0.25, -0.2) is 0 Å². The van der Waals surface area contributed by atoms with Crippen LogP contribution < -0.4 is 0 Å². The fourth-order valence-electron chi connectivity index (χ4n) is 4.51. The van der Waals surface area contributed by atoms with Gasteiger partial charge in [0.25, 0.3) is 0 Å². The molecule has 0 N–H and O–H groups in total. The molecule has 0 heterocycles. The quantitative estimate of drug-likeness (QED) is 0.591. The molecule has 0 nitrogen and oxygen atoms in total. The summed E-state index contributed by atoms with van der Waals surface area (Å²) in [5.41, 5.74) is 1.77. The predicted octanol–water partition coefficient (Wildman–Crippen LogP) is 5.22. The van der Waals surface area contributed by atoms with Crippen LogP contribution in [0.3, 0.4) is 0 Å². The maximum atomic E-state index is 2.42. The molecule has 0 atom stereocenters. The molecule has 3 rings (SSSR count). The first kappa shape index (κ1) is 14.2. The van der Waals surface area contributed by atoms with Crippen molar-refractivity contribution in [3.63, 3.8) is 0 Å². The maximum absolute atomic E-state index is 2.42. The van der Waals surface area contributed by atoms with Crippen LogP contribution in [0.4, 0.5) is 0 Å². The molecule has 0 saturated heterocycles. The van der Waals surface area contributed by atoms with Gasteiger partial charge in [0.1, 0.15) is 0 Å². The van der Waals surface area contributed by atoms with Crippen LogP contribution in [0.15, 0.2) is 23.8 Å². The van der Waals surface area contributed by atoms with E-state index in [9.17, 15) is 0 Å². The molecule has 2 fully saturated rings. The van der Waals surface area contributed by atoms with Crippen LogP contribution in [0.25, 0.3) is 0 Å². The van der Waals surface area contributed by atoms with Crippen molar-refractivity contribution < 1.29 is 0 Å². The Labute approximate surface area is 132 Å². The Bertz CT molecular complexity index is 339. The van der Waals surface area contributed by atoms with Crippen molar-refractivity contribution in [2.75, 3.05) is 0 Å². The molecule has 103 valence electrons. The molecule has 1 heteroatoms. The molecule has 0 aromatic carbocycles. The Morgan fingerprint density at radius 1 is 0.842 bits per heavy atom. The normalized spacial score (nSPS) is 39.9. The fourth-order valence-corrected chi connectivity index (χ4v) is 5.46. The van der Waals surface area contributed by atoms with Crippen molar-refractivity contribution in [1.29, 1.82) is 0 Å². The third-order valence-electron chi connectivity index (χ3n) is 5.78. The molecule has 3 aliphatic rings. The summed E-state index contributed by atoms with van der Waals surface area (Å²) in [5, 5.41) is 0. The van der Waals surface area contributed by atoms with Gasteiger partial charge in [-0.2, -0.15) is 0 Å². The van der Waals surface area contributed by atoms with Gasteiger partial charge in [0.15, 0.2) is 0 Å². The van der Waals surface area contributed by atoms with Gasteiger partial charge in [-0.15, -0.1) is 0 Å². The average Bonchev–Trinajstić information content (AvgIpc) is 2.49. The minimum absolute atomic E-state index is 0.938. The molecule has 0 amide bonds. The number of allylic oxidation sites excluding steroid dienone is 4. The molecule has 19 heavy (non-hydrogen) atoms. The molecule has 0 spiro atoms. The first-order valence-corrected chi connectivity index (χ1v) is 10.0. The van der Waals surface area contributed by atoms with Gasteiger partial charge < -0.3 is 0 Å². The van der Waals surface area contributed by atoms with Crippen molar-refractivity contribution in [2.45, 2.75) is 68.1 Å². The summed E-state index contributed by atoms with van der Waals surface area (Å²) in [6, 6.07) is 0. The van der Waals surface area contributed by atoms with E-state index in [-0.39, 0.29) is 0 Å². The minimum atomic E-state index is 0.938. The van der Waals surface area contributed by atoms with E-state index in [1.54, 1.807) is 53.8 Å². The zero-order chi connectivity index (χ0) is 13.1. The molecule has 0 bridgehead atoms. The van der Waals surface area contributed by atoms with Crippen LogP contribution in [0.2, 0.25) is 3.93 Å². The molecular weight excluding hydrogens is 335 g/mol.